The molecule has 4 aromatic rings. The van der Waals surface area contributed by atoms with Crippen LogP contribution in [0.15, 0.2) is 107 Å². The number of nitrogens with zero attached hydrogens (tertiary/aromatic N) is 2. The molecule has 0 spiro atoms. The van der Waals surface area contributed by atoms with E-state index < -0.39 is 0 Å². The minimum Gasteiger partial charge on any atom is -0.494 e. The van der Waals surface area contributed by atoms with E-state index in [0.29, 0.717) is 13.2 Å². The summed E-state index contributed by atoms with van der Waals surface area (Å²) in [5, 5.41) is 0. The van der Waals surface area contributed by atoms with E-state index in [0.717, 1.165) is 97.6 Å². The minimum atomic E-state index is 0.254. The van der Waals surface area contributed by atoms with Gasteiger partial charge in [0.25, 0.3) is 0 Å². The van der Waals surface area contributed by atoms with Gasteiger partial charge in [-0.05, 0) is 121 Å². The Hall–Kier alpha value is -4.66. The number of hydrogen-bond donors (Lipinski definition) is 0. The average molecular weight is 635 g/mol. The number of ether oxygens (including phenoxy) is 6. The summed E-state index contributed by atoms with van der Waals surface area (Å²) in [6.45, 7) is 4.24. The van der Waals surface area contributed by atoms with Gasteiger partial charge in [-0.15, -0.1) is 0 Å². The molecule has 2 atom stereocenters. The molecule has 0 bridgehead atoms. The van der Waals surface area contributed by atoms with Crippen molar-refractivity contribution in [3.05, 3.63) is 108 Å². The van der Waals surface area contributed by atoms with Crippen LogP contribution in [0.1, 0.15) is 43.2 Å². The van der Waals surface area contributed by atoms with Crippen LogP contribution in [0, 0.1) is 0 Å². The maximum Gasteiger partial charge on any atom is 0.119 e. The van der Waals surface area contributed by atoms with Crippen molar-refractivity contribution < 1.29 is 28.4 Å². The van der Waals surface area contributed by atoms with Crippen LogP contribution in [0.4, 0.5) is 11.4 Å². The third-order valence-corrected chi connectivity index (χ3v) is 7.66. The average Bonchev–Trinajstić information content (AvgIpc) is 4.06. The van der Waals surface area contributed by atoms with Gasteiger partial charge in [0.1, 0.15) is 48.4 Å². The van der Waals surface area contributed by atoms with Crippen molar-refractivity contribution in [3.8, 4) is 23.0 Å². The van der Waals surface area contributed by atoms with Crippen molar-refractivity contribution in [1.29, 1.82) is 0 Å². The highest BCUT2D eigenvalue weighted by molar-refractivity contribution is 5.82. The smallest absolute Gasteiger partial charge is 0.119 e. The molecule has 2 saturated heterocycles. The monoisotopic (exact) mass is 634 g/mol. The molecule has 0 amide bonds. The van der Waals surface area contributed by atoms with E-state index in [4.69, 9.17) is 28.4 Å². The number of aliphatic imine (C=N–C) groups is 2. The number of rotatable bonds is 20. The predicted molar refractivity (Wildman–Crippen MR) is 185 cm³/mol. The Morgan fingerprint density at radius 2 is 0.809 bits per heavy atom. The van der Waals surface area contributed by atoms with Crippen molar-refractivity contribution in [2.75, 3.05) is 39.6 Å². The van der Waals surface area contributed by atoms with Gasteiger partial charge in [-0.25, -0.2) is 0 Å². The van der Waals surface area contributed by atoms with Crippen LogP contribution in [0.5, 0.6) is 23.0 Å². The number of benzene rings is 4. The van der Waals surface area contributed by atoms with Crippen molar-refractivity contribution in [2.45, 2.75) is 44.3 Å². The lowest BCUT2D eigenvalue weighted by Gasteiger charge is -2.08. The second-order valence-corrected chi connectivity index (χ2v) is 11.6. The fourth-order valence-electron chi connectivity index (χ4n) is 4.68. The second kappa shape index (κ2) is 17.3. The first-order valence-corrected chi connectivity index (χ1v) is 16.5. The number of hydrogen-bond acceptors (Lipinski definition) is 8. The third-order valence-electron chi connectivity index (χ3n) is 7.66. The van der Waals surface area contributed by atoms with Gasteiger partial charge in [0.2, 0.25) is 0 Å². The lowest BCUT2D eigenvalue weighted by atomic mass is 10.1. The summed E-state index contributed by atoms with van der Waals surface area (Å²) in [6, 6.07) is 31.6. The Balaban J connectivity index is 0.784. The summed E-state index contributed by atoms with van der Waals surface area (Å²) in [7, 11) is 0. The van der Waals surface area contributed by atoms with Crippen molar-refractivity contribution in [3.63, 3.8) is 0 Å². The molecule has 2 aliphatic rings. The highest BCUT2D eigenvalue weighted by Gasteiger charge is 2.23. The highest BCUT2D eigenvalue weighted by atomic mass is 16.6. The molecule has 2 heterocycles. The SMILES string of the molecule is C(=Nc1ccc(OCC2CO2)cc1)c1ccc(OCCCCCCCOc2ccc(C=Nc3ccc(OCC4CO4)cc3)cc2)cc1. The molecule has 0 N–H and O–H groups in total. The zero-order valence-corrected chi connectivity index (χ0v) is 26.7. The van der Waals surface area contributed by atoms with Crippen LogP contribution < -0.4 is 18.9 Å². The molecule has 6 rings (SSSR count). The molecule has 8 heteroatoms. The largest absolute Gasteiger partial charge is 0.494 e. The Kier molecular flexibility index (Phi) is 11.9. The normalized spacial score (nSPS) is 16.8. The van der Waals surface area contributed by atoms with E-state index >= 15 is 0 Å². The van der Waals surface area contributed by atoms with Crippen LogP contribution in [-0.4, -0.2) is 64.3 Å². The first-order valence-electron chi connectivity index (χ1n) is 16.5. The molecule has 2 aliphatic heterocycles. The first-order chi connectivity index (χ1) is 23.2. The molecule has 2 unspecified atom stereocenters. The third kappa shape index (κ3) is 11.9. The molecule has 0 aliphatic carbocycles. The molecule has 0 aromatic heterocycles. The van der Waals surface area contributed by atoms with E-state index in [1.165, 1.54) is 6.42 Å². The minimum absolute atomic E-state index is 0.254. The van der Waals surface area contributed by atoms with E-state index in [1.807, 2.05) is 109 Å². The van der Waals surface area contributed by atoms with Crippen LogP contribution in [-0.2, 0) is 9.47 Å². The molecule has 47 heavy (non-hydrogen) atoms. The molecular formula is C39H42N2O6. The number of unbranched alkanes of at least 4 members (excludes halogenated alkanes) is 4. The lowest BCUT2D eigenvalue weighted by molar-refractivity contribution is 0.263. The highest BCUT2D eigenvalue weighted by Crippen LogP contribution is 2.22. The van der Waals surface area contributed by atoms with Crippen molar-refractivity contribution in [2.24, 2.45) is 9.98 Å². The molecule has 2 fully saturated rings. The molecule has 244 valence electrons. The summed E-state index contributed by atoms with van der Waals surface area (Å²) < 4.78 is 33.5. The van der Waals surface area contributed by atoms with E-state index in [1.54, 1.807) is 0 Å². The molecule has 8 nitrogen and oxygen atoms in total. The van der Waals surface area contributed by atoms with Crippen LogP contribution in [0.3, 0.4) is 0 Å². The zero-order chi connectivity index (χ0) is 31.9. The standard InChI is InChI=1S/C39H42N2O6/c1(2-4-22-42-34-14-6-30(7-15-34)24-40-32-10-18-36(19-11-32)44-26-38-28-46-38)3-5-23-43-35-16-8-31(9-17-35)25-41-33-12-20-37(21-13-33)45-27-39-29-47-39/h6-21,24-25,38-39H,1-5,22-23,26-29H2. The molecule has 0 saturated carbocycles. The molecule has 4 aromatic carbocycles. The van der Waals surface area contributed by atoms with Crippen LogP contribution in [0.25, 0.3) is 0 Å². The van der Waals surface area contributed by atoms with E-state index in [-0.39, 0.29) is 12.2 Å². The van der Waals surface area contributed by atoms with Crippen LogP contribution in [0.2, 0.25) is 0 Å². The quantitative estimate of drug-likeness (QED) is 0.0554. The maximum absolute atomic E-state index is 5.93. The Morgan fingerprint density at radius 1 is 0.468 bits per heavy atom. The predicted octanol–water partition coefficient (Wildman–Crippen LogP) is 8.15. The number of epoxide rings is 2. The van der Waals surface area contributed by atoms with E-state index in [9.17, 15) is 0 Å². The van der Waals surface area contributed by atoms with Gasteiger partial charge >= 0.3 is 0 Å². The van der Waals surface area contributed by atoms with Crippen molar-refractivity contribution in [1.82, 2.24) is 0 Å². The van der Waals surface area contributed by atoms with Gasteiger partial charge in [0.05, 0.1) is 37.8 Å². The van der Waals surface area contributed by atoms with Gasteiger partial charge in [0.15, 0.2) is 0 Å². The molecule has 0 radical (unpaired) electrons. The Bertz CT molecular complexity index is 1430. The summed E-state index contributed by atoms with van der Waals surface area (Å²) in [4.78, 5) is 9.11. The van der Waals surface area contributed by atoms with Gasteiger partial charge in [-0.2, -0.15) is 0 Å². The van der Waals surface area contributed by atoms with E-state index in [2.05, 4.69) is 9.98 Å². The van der Waals surface area contributed by atoms with Gasteiger partial charge in [-0.1, -0.05) is 19.3 Å². The summed E-state index contributed by atoms with van der Waals surface area (Å²) in [5.41, 5.74) is 3.82. The van der Waals surface area contributed by atoms with Gasteiger partial charge in [-0.3, -0.25) is 9.98 Å². The Morgan fingerprint density at radius 3 is 1.19 bits per heavy atom. The topological polar surface area (TPSA) is 86.7 Å². The lowest BCUT2D eigenvalue weighted by Crippen LogP contribution is -2.03. The fourth-order valence-corrected chi connectivity index (χ4v) is 4.68. The van der Waals surface area contributed by atoms with Gasteiger partial charge < -0.3 is 28.4 Å². The summed E-state index contributed by atoms with van der Waals surface area (Å²) in [5.74, 6) is 3.43. The Labute approximate surface area is 277 Å². The van der Waals surface area contributed by atoms with Crippen molar-refractivity contribution >= 4 is 23.8 Å². The maximum atomic E-state index is 5.93. The molecular weight excluding hydrogens is 592 g/mol. The zero-order valence-electron chi connectivity index (χ0n) is 26.7. The fraction of sp³-hybridized carbons (Fsp3) is 0.333. The van der Waals surface area contributed by atoms with Gasteiger partial charge in [0, 0.05) is 12.4 Å². The first kappa shape index (κ1) is 32.3. The van der Waals surface area contributed by atoms with Crippen LogP contribution >= 0.6 is 0 Å². The summed E-state index contributed by atoms with van der Waals surface area (Å²) in [6.07, 6.45) is 9.75. The summed E-state index contributed by atoms with van der Waals surface area (Å²) >= 11 is 0. The second-order valence-electron chi connectivity index (χ2n) is 11.6.